The van der Waals surface area contributed by atoms with E-state index in [4.69, 9.17) is 18.9 Å². The zero-order valence-electron chi connectivity index (χ0n) is 16.1. The largest absolute Gasteiger partial charge is 0.463 e. The minimum atomic E-state index is -1.11. The molecule has 0 bridgehead atoms. The molecule has 10 heteroatoms. The van der Waals surface area contributed by atoms with Gasteiger partial charge < -0.3 is 24.3 Å². The first-order chi connectivity index (χ1) is 13.7. The Morgan fingerprint density at radius 3 is 2.10 bits per heavy atom. The van der Waals surface area contributed by atoms with Crippen molar-refractivity contribution in [1.82, 2.24) is 5.32 Å². The molecule has 1 aromatic rings. The van der Waals surface area contributed by atoms with E-state index in [1.165, 1.54) is 20.8 Å². The molecule has 1 amide bonds. The van der Waals surface area contributed by atoms with E-state index in [2.05, 4.69) is 21.2 Å². The minimum absolute atomic E-state index is 0.230. The van der Waals surface area contributed by atoms with Crippen LogP contribution in [0, 0.1) is 0 Å². The Bertz CT molecular complexity index is 756. The Balaban J connectivity index is 2.30. The molecular weight excluding hydrogens is 450 g/mol. The monoisotopic (exact) mass is 471 g/mol. The molecule has 1 saturated heterocycles. The Labute approximate surface area is 176 Å². The summed E-state index contributed by atoms with van der Waals surface area (Å²) in [6.45, 7) is 3.38. The van der Waals surface area contributed by atoms with Gasteiger partial charge in [-0.1, -0.05) is 34.1 Å². The van der Waals surface area contributed by atoms with E-state index in [1.54, 1.807) is 30.3 Å². The Morgan fingerprint density at radius 1 is 0.966 bits per heavy atom. The van der Waals surface area contributed by atoms with E-state index in [0.717, 1.165) is 0 Å². The number of amides is 1. The van der Waals surface area contributed by atoms with Crippen LogP contribution in [0.4, 0.5) is 0 Å². The van der Waals surface area contributed by atoms with E-state index < -0.39 is 53.2 Å². The fourth-order valence-corrected chi connectivity index (χ4v) is 3.58. The van der Waals surface area contributed by atoms with Crippen LogP contribution in [0.25, 0.3) is 0 Å². The number of benzene rings is 1. The molecule has 2 rings (SSSR count). The van der Waals surface area contributed by atoms with E-state index in [1.807, 2.05) is 0 Å². The van der Waals surface area contributed by atoms with Gasteiger partial charge in [-0.2, -0.15) is 0 Å². The van der Waals surface area contributed by atoms with Gasteiger partial charge in [0.15, 0.2) is 12.2 Å². The van der Waals surface area contributed by atoms with Crippen LogP contribution in [0.2, 0.25) is 0 Å². The highest BCUT2D eigenvalue weighted by atomic mass is 79.9. The summed E-state index contributed by atoms with van der Waals surface area (Å²) in [5.41, 5.74) is 0.389. The highest BCUT2D eigenvalue weighted by Gasteiger charge is 2.50. The van der Waals surface area contributed by atoms with Crippen molar-refractivity contribution in [1.29, 1.82) is 0 Å². The molecule has 0 aromatic heterocycles. The summed E-state index contributed by atoms with van der Waals surface area (Å²) in [4.78, 5) is 47.1. The lowest BCUT2D eigenvalue weighted by atomic mass is 9.97. The maximum absolute atomic E-state index is 12.6. The summed E-state index contributed by atoms with van der Waals surface area (Å²) >= 11 is 3.32. The summed E-state index contributed by atoms with van der Waals surface area (Å²) in [5, 5.41) is 1.93. The van der Waals surface area contributed by atoms with Gasteiger partial charge in [-0.3, -0.25) is 19.2 Å². The van der Waals surface area contributed by atoms with Gasteiger partial charge in [-0.25, -0.2) is 0 Å². The van der Waals surface area contributed by atoms with Crippen molar-refractivity contribution >= 4 is 39.7 Å². The molecule has 1 aliphatic rings. The number of hydrogen-bond donors (Lipinski definition) is 1. The molecule has 5 atom stereocenters. The number of hydrogen-bond acceptors (Lipinski definition) is 8. The fraction of sp³-hybridized carbons (Fsp3) is 0.474. The number of ether oxygens (including phenoxy) is 4. The molecule has 1 heterocycles. The minimum Gasteiger partial charge on any atom is -0.463 e. The Hall–Kier alpha value is -2.46. The standard InChI is InChI=1S/C19H22BrNO8/c1-10(22)26-9-14-16(27-11(2)23)17(28-12(3)24)15(18(20)29-14)21-19(25)13-7-5-4-6-8-13/h4-8,14-18H,9H2,1-3H3,(H,21,25)/t14-,15-,16-,17-,18+/m1/s1. The molecule has 0 unspecified atom stereocenters. The van der Waals surface area contributed by atoms with Crippen LogP contribution >= 0.6 is 15.9 Å². The van der Waals surface area contributed by atoms with Gasteiger partial charge in [0, 0.05) is 26.3 Å². The number of esters is 3. The number of carbonyl (C=O) groups excluding carboxylic acids is 4. The lowest BCUT2D eigenvalue weighted by Gasteiger charge is -2.43. The topological polar surface area (TPSA) is 117 Å². The third-order valence-corrected chi connectivity index (χ3v) is 4.81. The van der Waals surface area contributed by atoms with Crippen LogP contribution in [0.5, 0.6) is 0 Å². The number of nitrogens with one attached hydrogen (secondary N) is 1. The molecule has 0 saturated carbocycles. The fourth-order valence-electron chi connectivity index (χ4n) is 2.87. The van der Waals surface area contributed by atoms with Gasteiger partial charge in [0.2, 0.25) is 0 Å². The normalized spacial score (nSPS) is 26.1. The molecule has 0 aliphatic carbocycles. The summed E-state index contributed by atoms with van der Waals surface area (Å²) in [6, 6.07) is 7.54. The molecule has 158 valence electrons. The van der Waals surface area contributed by atoms with Crippen molar-refractivity contribution in [3.8, 4) is 0 Å². The lowest BCUT2D eigenvalue weighted by Crippen LogP contribution is -2.64. The molecule has 1 aromatic carbocycles. The number of carbonyl (C=O) groups is 4. The number of rotatable bonds is 6. The van der Waals surface area contributed by atoms with Crippen LogP contribution in [0.15, 0.2) is 30.3 Å². The Morgan fingerprint density at radius 2 is 1.55 bits per heavy atom. The summed E-state index contributed by atoms with van der Waals surface area (Å²) in [5.74, 6) is -2.27. The Kier molecular flexibility index (Phi) is 8.15. The average molecular weight is 472 g/mol. The summed E-state index contributed by atoms with van der Waals surface area (Å²) in [6.07, 6.45) is -3.10. The molecule has 9 nitrogen and oxygen atoms in total. The first kappa shape index (κ1) is 22.8. The van der Waals surface area contributed by atoms with Gasteiger partial charge in [0.1, 0.15) is 23.8 Å². The van der Waals surface area contributed by atoms with Crippen molar-refractivity contribution < 1.29 is 38.1 Å². The smallest absolute Gasteiger partial charge is 0.303 e. The second-order valence-electron chi connectivity index (χ2n) is 6.34. The van der Waals surface area contributed by atoms with Crippen molar-refractivity contribution in [2.24, 2.45) is 0 Å². The highest BCUT2D eigenvalue weighted by molar-refractivity contribution is 9.09. The van der Waals surface area contributed by atoms with Crippen LogP contribution in [-0.2, 0) is 33.3 Å². The predicted molar refractivity (Wildman–Crippen MR) is 103 cm³/mol. The van der Waals surface area contributed by atoms with Crippen LogP contribution < -0.4 is 5.32 Å². The SMILES string of the molecule is CC(=O)OC[C@H]1O[C@H](Br)[C@H](NC(=O)c2ccccc2)[C@@H](OC(C)=O)[C@@H]1OC(C)=O. The van der Waals surface area contributed by atoms with Gasteiger partial charge >= 0.3 is 17.9 Å². The predicted octanol–water partition coefficient (Wildman–Crippen LogP) is 1.33. The first-order valence-corrected chi connectivity index (χ1v) is 9.74. The van der Waals surface area contributed by atoms with E-state index in [0.29, 0.717) is 5.56 Å². The molecule has 1 aliphatic heterocycles. The highest BCUT2D eigenvalue weighted by Crippen LogP contribution is 2.30. The zero-order valence-corrected chi connectivity index (χ0v) is 17.7. The van der Waals surface area contributed by atoms with Crippen molar-refractivity contribution in [3.63, 3.8) is 0 Å². The maximum atomic E-state index is 12.6. The molecule has 1 N–H and O–H groups in total. The van der Waals surface area contributed by atoms with E-state index >= 15 is 0 Å². The average Bonchev–Trinajstić information content (AvgIpc) is 2.65. The summed E-state index contributed by atoms with van der Waals surface area (Å²) in [7, 11) is 0. The zero-order chi connectivity index (χ0) is 21.6. The van der Waals surface area contributed by atoms with Crippen molar-refractivity contribution in [2.75, 3.05) is 6.61 Å². The molecular formula is C19H22BrNO8. The molecule has 1 fully saturated rings. The second-order valence-corrected chi connectivity index (χ2v) is 7.24. The van der Waals surface area contributed by atoms with Crippen LogP contribution in [-0.4, -0.2) is 59.8 Å². The van der Waals surface area contributed by atoms with Crippen molar-refractivity contribution in [2.45, 2.75) is 50.1 Å². The second kappa shape index (κ2) is 10.4. The summed E-state index contributed by atoms with van der Waals surface area (Å²) < 4.78 is 21.4. The quantitative estimate of drug-likeness (QED) is 0.375. The molecule has 0 radical (unpaired) electrons. The van der Waals surface area contributed by atoms with Gasteiger partial charge in [0.05, 0.1) is 0 Å². The van der Waals surface area contributed by atoms with E-state index in [-0.39, 0.29) is 6.61 Å². The number of alkyl halides is 1. The van der Waals surface area contributed by atoms with Gasteiger partial charge in [-0.15, -0.1) is 0 Å². The van der Waals surface area contributed by atoms with Crippen molar-refractivity contribution in [3.05, 3.63) is 35.9 Å². The van der Waals surface area contributed by atoms with E-state index in [9.17, 15) is 19.2 Å². The van der Waals surface area contributed by atoms with Crippen LogP contribution in [0.1, 0.15) is 31.1 Å². The third-order valence-electron chi connectivity index (χ3n) is 4.02. The lowest BCUT2D eigenvalue weighted by molar-refractivity contribution is -0.210. The maximum Gasteiger partial charge on any atom is 0.303 e. The number of halogens is 1. The molecule has 29 heavy (non-hydrogen) atoms. The first-order valence-electron chi connectivity index (χ1n) is 8.82. The van der Waals surface area contributed by atoms with Gasteiger partial charge in [0.25, 0.3) is 5.91 Å². The van der Waals surface area contributed by atoms with Crippen LogP contribution in [0.3, 0.4) is 0 Å². The van der Waals surface area contributed by atoms with Gasteiger partial charge in [-0.05, 0) is 12.1 Å². The third kappa shape index (κ3) is 6.53. The molecule has 0 spiro atoms.